The number of anilines is 1. The van der Waals surface area contributed by atoms with Gasteiger partial charge in [-0.3, -0.25) is 14.3 Å². The second-order valence-corrected chi connectivity index (χ2v) is 9.04. The van der Waals surface area contributed by atoms with E-state index in [0.29, 0.717) is 19.4 Å². The Morgan fingerprint density at radius 2 is 2.08 bits per heavy atom. The number of hydrogen-bond acceptors (Lipinski definition) is 4. The van der Waals surface area contributed by atoms with Crippen LogP contribution in [0.3, 0.4) is 0 Å². The van der Waals surface area contributed by atoms with Crippen molar-refractivity contribution in [3.63, 3.8) is 0 Å². The molecule has 7 nitrogen and oxygen atoms in total. The number of benzene rings is 1. The van der Waals surface area contributed by atoms with Crippen molar-refractivity contribution < 1.29 is 23.1 Å². The maximum Gasteiger partial charge on any atom is 0.311 e. The van der Waals surface area contributed by atoms with E-state index in [1.54, 1.807) is 36.1 Å². The summed E-state index contributed by atoms with van der Waals surface area (Å²) in [5.74, 6) is -1.22. The smallest absolute Gasteiger partial charge is 0.311 e. The van der Waals surface area contributed by atoms with E-state index >= 15 is 0 Å². The number of hydrogen-bond donors (Lipinski definition) is 2. The average molecular weight is 380 g/mol. The molecule has 2 aliphatic rings. The minimum Gasteiger partial charge on any atom is -0.481 e. The molecule has 2 fully saturated rings. The molecule has 0 unspecified atom stereocenters. The van der Waals surface area contributed by atoms with Gasteiger partial charge in [0.05, 0.1) is 22.4 Å². The maximum atomic E-state index is 13.0. The largest absolute Gasteiger partial charge is 0.481 e. The Balaban J connectivity index is 1.85. The summed E-state index contributed by atoms with van der Waals surface area (Å²) in [6.45, 7) is 2.35. The predicted molar refractivity (Wildman–Crippen MR) is 97.5 cm³/mol. The van der Waals surface area contributed by atoms with Crippen molar-refractivity contribution in [2.75, 3.05) is 23.6 Å². The Morgan fingerprint density at radius 1 is 1.35 bits per heavy atom. The monoisotopic (exact) mass is 380 g/mol. The average Bonchev–Trinajstić information content (AvgIpc) is 3.12. The lowest BCUT2D eigenvalue weighted by Gasteiger charge is -2.23. The third kappa shape index (κ3) is 3.30. The molecule has 0 aromatic heterocycles. The summed E-state index contributed by atoms with van der Waals surface area (Å²) in [7, 11) is -3.52. The predicted octanol–water partition coefficient (Wildman–Crippen LogP) is 2.17. The highest BCUT2D eigenvalue weighted by molar-refractivity contribution is 7.92. The normalized spacial score (nSPS) is 25.1. The van der Waals surface area contributed by atoms with Crippen LogP contribution in [0, 0.1) is 11.3 Å². The molecule has 0 radical (unpaired) electrons. The van der Waals surface area contributed by atoms with Crippen molar-refractivity contribution in [1.29, 1.82) is 0 Å². The van der Waals surface area contributed by atoms with Crippen molar-refractivity contribution in [2.45, 2.75) is 32.6 Å². The molecule has 1 aliphatic carbocycles. The van der Waals surface area contributed by atoms with Crippen molar-refractivity contribution >= 4 is 27.6 Å². The molecule has 142 valence electrons. The van der Waals surface area contributed by atoms with Crippen LogP contribution in [0.25, 0.3) is 0 Å². The fraction of sp³-hybridized carbons (Fsp3) is 0.556. The summed E-state index contributed by atoms with van der Waals surface area (Å²) in [5, 5.41) is 9.68. The van der Waals surface area contributed by atoms with E-state index in [1.165, 1.54) is 0 Å². The van der Waals surface area contributed by atoms with E-state index in [0.717, 1.165) is 12.8 Å². The number of carboxylic acid groups (broad SMARTS) is 1. The van der Waals surface area contributed by atoms with Crippen LogP contribution in [0.5, 0.6) is 0 Å². The Labute approximate surface area is 153 Å². The third-order valence-electron chi connectivity index (χ3n) is 5.48. The summed E-state index contributed by atoms with van der Waals surface area (Å²) in [6, 6.07) is 6.48. The maximum absolute atomic E-state index is 13.0. The first-order chi connectivity index (χ1) is 12.3. The zero-order chi connectivity index (χ0) is 18.9. The van der Waals surface area contributed by atoms with Gasteiger partial charge in [0.15, 0.2) is 0 Å². The Hall–Kier alpha value is -2.09. The first-order valence-electron chi connectivity index (χ1n) is 8.91. The van der Waals surface area contributed by atoms with Crippen molar-refractivity contribution in [3.8, 4) is 0 Å². The molecule has 26 heavy (non-hydrogen) atoms. The number of amides is 1. The van der Waals surface area contributed by atoms with Gasteiger partial charge >= 0.3 is 5.97 Å². The summed E-state index contributed by atoms with van der Waals surface area (Å²) >= 11 is 0. The lowest BCUT2D eigenvalue weighted by atomic mass is 9.81. The van der Waals surface area contributed by atoms with Crippen LogP contribution in [-0.4, -0.2) is 49.1 Å². The van der Waals surface area contributed by atoms with Gasteiger partial charge in [-0.15, -0.1) is 0 Å². The van der Waals surface area contributed by atoms with Gasteiger partial charge in [0.2, 0.25) is 10.0 Å². The highest BCUT2D eigenvalue weighted by Crippen LogP contribution is 2.49. The molecular weight excluding hydrogens is 356 g/mol. The first kappa shape index (κ1) is 18.7. The highest BCUT2D eigenvalue weighted by Gasteiger charge is 2.55. The van der Waals surface area contributed by atoms with Gasteiger partial charge in [0, 0.05) is 13.1 Å². The number of nitrogens with one attached hydrogen (secondary N) is 1. The molecule has 8 heteroatoms. The van der Waals surface area contributed by atoms with E-state index in [1.807, 2.05) is 0 Å². The standard InChI is InChI=1S/C18H24N2O5S/c1-2-10-26(24,25)19-15-8-4-3-7-14(15)16(21)20-11-13-6-5-9-18(13,12-20)17(22)23/h3-4,7-8,13,19H,2,5-6,9-12H2,1H3,(H,22,23)/t13-,18+/m0/s1. The summed E-state index contributed by atoms with van der Waals surface area (Å²) < 4.78 is 26.6. The number of nitrogens with zero attached hydrogens (tertiary/aromatic N) is 1. The van der Waals surface area contributed by atoms with E-state index in [2.05, 4.69) is 4.72 Å². The molecular formula is C18H24N2O5S. The van der Waals surface area contributed by atoms with E-state index in [9.17, 15) is 23.1 Å². The second-order valence-electron chi connectivity index (χ2n) is 7.20. The molecule has 3 rings (SSSR count). The van der Waals surface area contributed by atoms with Crippen molar-refractivity contribution in [3.05, 3.63) is 29.8 Å². The Morgan fingerprint density at radius 3 is 2.73 bits per heavy atom. The first-order valence-corrected chi connectivity index (χ1v) is 10.6. The Kier molecular flexibility index (Phi) is 4.96. The Bertz CT molecular complexity index is 823. The van der Waals surface area contributed by atoms with E-state index in [-0.39, 0.29) is 35.4 Å². The van der Waals surface area contributed by atoms with E-state index in [4.69, 9.17) is 0 Å². The third-order valence-corrected chi connectivity index (χ3v) is 6.96. The summed E-state index contributed by atoms with van der Waals surface area (Å²) in [5.41, 5.74) is -0.355. The minimum atomic E-state index is -3.52. The second kappa shape index (κ2) is 6.90. The van der Waals surface area contributed by atoms with E-state index < -0.39 is 21.4 Å². The van der Waals surface area contributed by atoms with Gasteiger partial charge in [-0.2, -0.15) is 0 Å². The van der Waals surface area contributed by atoms with Crippen molar-refractivity contribution in [2.24, 2.45) is 11.3 Å². The molecule has 1 heterocycles. The molecule has 0 bridgehead atoms. The number of likely N-dealkylation sites (tertiary alicyclic amines) is 1. The van der Waals surface area contributed by atoms with Crippen LogP contribution >= 0.6 is 0 Å². The fourth-order valence-corrected chi connectivity index (χ4v) is 5.36. The van der Waals surface area contributed by atoms with Crippen LogP contribution in [0.15, 0.2) is 24.3 Å². The number of aliphatic carboxylic acids is 1. The number of carbonyl (C=O) groups excluding carboxylic acids is 1. The van der Waals surface area contributed by atoms with Gasteiger partial charge in [-0.25, -0.2) is 8.42 Å². The van der Waals surface area contributed by atoms with Gasteiger partial charge in [0.1, 0.15) is 0 Å². The highest BCUT2D eigenvalue weighted by atomic mass is 32.2. The number of rotatable bonds is 6. The molecule has 2 atom stereocenters. The summed E-state index contributed by atoms with van der Waals surface area (Å²) in [6.07, 6.45) is 2.73. The molecule has 1 saturated heterocycles. The lowest BCUT2D eigenvalue weighted by Crippen LogP contribution is -2.37. The number of carboxylic acids is 1. The minimum absolute atomic E-state index is 0.0244. The summed E-state index contributed by atoms with van der Waals surface area (Å²) in [4.78, 5) is 26.4. The molecule has 1 aliphatic heterocycles. The van der Waals surface area contributed by atoms with Crippen LogP contribution in [0.1, 0.15) is 43.0 Å². The SMILES string of the molecule is CCCS(=O)(=O)Nc1ccccc1C(=O)N1C[C@@H]2CCC[C@@]2(C(=O)O)C1. The number of fused-ring (bicyclic) bond motifs is 1. The topological polar surface area (TPSA) is 104 Å². The fourth-order valence-electron chi connectivity index (χ4n) is 4.21. The molecule has 2 N–H and O–H groups in total. The molecule has 1 aromatic rings. The molecule has 1 amide bonds. The van der Waals surface area contributed by atoms with Crippen LogP contribution in [0.2, 0.25) is 0 Å². The van der Waals surface area contributed by atoms with Crippen molar-refractivity contribution in [1.82, 2.24) is 4.90 Å². The molecule has 1 saturated carbocycles. The van der Waals surface area contributed by atoms with Crippen LogP contribution in [-0.2, 0) is 14.8 Å². The number of sulfonamides is 1. The lowest BCUT2D eigenvalue weighted by molar-refractivity contribution is -0.149. The van der Waals surface area contributed by atoms with Gasteiger partial charge in [0.25, 0.3) is 5.91 Å². The van der Waals surface area contributed by atoms with Gasteiger partial charge in [-0.05, 0) is 37.3 Å². The van der Waals surface area contributed by atoms with Gasteiger partial charge in [-0.1, -0.05) is 25.5 Å². The van der Waals surface area contributed by atoms with Crippen LogP contribution in [0.4, 0.5) is 5.69 Å². The quantitative estimate of drug-likeness (QED) is 0.787. The number of para-hydroxylation sites is 1. The molecule has 0 spiro atoms. The van der Waals surface area contributed by atoms with Crippen LogP contribution < -0.4 is 4.72 Å². The molecule has 1 aromatic carbocycles. The van der Waals surface area contributed by atoms with Gasteiger partial charge < -0.3 is 10.0 Å². The zero-order valence-electron chi connectivity index (χ0n) is 14.8. The number of carbonyl (C=O) groups is 2. The zero-order valence-corrected chi connectivity index (χ0v) is 15.6.